The van der Waals surface area contributed by atoms with Crippen LogP contribution in [-0.4, -0.2) is 24.5 Å². The lowest BCUT2D eigenvalue weighted by Crippen LogP contribution is -2.49. The summed E-state index contributed by atoms with van der Waals surface area (Å²) in [4.78, 5) is 34.4. The van der Waals surface area contributed by atoms with E-state index >= 15 is 0 Å². The summed E-state index contributed by atoms with van der Waals surface area (Å²) in [6, 6.07) is 5.22. The summed E-state index contributed by atoms with van der Waals surface area (Å²) in [5.41, 5.74) is 0.668. The summed E-state index contributed by atoms with van der Waals surface area (Å²) < 4.78 is 10.5. The number of hydrogen-bond acceptors (Lipinski definition) is 6. The van der Waals surface area contributed by atoms with Gasteiger partial charge >= 0.3 is 5.63 Å². The van der Waals surface area contributed by atoms with Gasteiger partial charge in [0.05, 0.1) is 12.0 Å². The molecule has 0 saturated carbocycles. The van der Waals surface area contributed by atoms with E-state index in [1.807, 2.05) is 13.8 Å². The van der Waals surface area contributed by atoms with Gasteiger partial charge in [0, 0.05) is 17.5 Å². The number of carbonyl (C=O) groups excluding carboxylic acids is 2. The highest BCUT2D eigenvalue weighted by Crippen LogP contribution is 2.22. The molecule has 1 heterocycles. The van der Waals surface area contributed by atoms with Crippen molar-refractivity contribution in [3.8, 4) is 5.75 Å². The summed E-state index contributed by atoms with van der Waals surface area (Å²) in [7, 11) is 0. The van der Waals surface area contributed by atoms with Crippen molar-refractivity contribution in [2.24, 2.45) is 5.92 Å². The maximum absolute atomic E-state index is 11.9. The Kier molecular flexibility index (Phi) is 5.80. The van der Waals surface area contributed by atoms with Gasteiger partial charge in [-0.2, -0.15) is 0 Å². The number of rotatable bonds is 7. The van der Waals surface area contributed by atoms with Crippen LogP contribution >= 0.6 is 0 Å². The molecule has 1 unspecified atom stereocenters. The van der Waals surface area contributed by atoms with Crippen LogP contribution in [0.4, 0.5) is 0 Å². The van der Waals surface area contributed by atoms with Crippen molar-refractivity contribution in [1.29, 1.82) is 0 Å². The lowest BCUT2D eigenvalue weighted by molar-refractivity contribution is -0.308. The van der Waals surface area contributed by atoms with Crippen molar-refractivity contribution in [2.45, 2.75) is 33.2 Å². The molecule has 0 radical (unpaired) electrons. The number of carboxylic acids is 1. The second kappa shape index (κ2) is 7.83. The van der Waals surface area contributed by atoms with E-state index < -0.39 is 23.5 Å². The number of aliphatic carboxylic acids is 1. The van der Waals surface area contributed by atoms with Crippen molar-refractivity contribution < 1.29 is 23.8 Å². The van der Waals surface area contributed by atoms with Crippen LogP contribution in [0.25, 0.3) is 11.0 Å². The first kappa shape index (κ1) is 18.5. The van der Waals surface area contributed by atoms with Gasteiger partial charge in [-0.3, -0.25) is 4.79 Å². The quantitative estimate of drug-likeness (QED) is 0.742. The van der Waals surface area contributed by atoms with Crippen molar-refractivity contribution in [2.75, 3.05) is 6.61 Å². The Morgan fingerprint density at radius 2 is 2.00 bits per heavy atom. The number of benzene rings is 1. The number of hydrogen-bond donors (Lipinski definition) is 1. The highest BCUT2D eigenvalue weighted by Gasteiger charge is 2.15. The second-order valence-corrected chi connectivity index (χ2v) is 6.26. The predicted octanol–water partition coefficient (Wildman–Crippen LogP) is 0.761. The van der Waals surface area contributed by atoms with Gasteiger partial charge in [-0.25, -0.2) is 4.79 Å². The summed E-state index contributed by atoms with van der Waals surface area (Å²) in [6.07, 6.45) is 0.272. The first-order chi connectivity index (χ1) is 11.8. The zero-order chi connectivity index (χ0) is 18.6. The van der Waals surface area contributed by atoms with Crippen LogP contribution in [0.15, 0.2) is 33.5 Å². The monoisotopic (exact) mass is 346 g/mol. The SMILES string of the molecule is Cc1cc(=O)oc2cc(OCC(=O)NC(CC(C)C)C(=O)[O-])ccc12. The molecule has 134 valence electrons. The summed E-state index contributed by atoms with van der Waals surface area (Å²) in [5.74, 6) is -1.47. The van der Waals surface area contributed by atoms with E-state index in [-0.39, 0.29) is 18.9 Å². The molecule has 2 rings (SSSR count). The van der Waals surface area contributed by atoms with Gasteiger partial charge in [0.2, 0.25) is 0 Å². The normalized spacial score (nSPS) is 12.2. The highest BCUT2D eigenvalue weighted by molar-refractivity contribution is 5.84. The van der Waals surface area contributed by atoms with Gasteiger partial charge in [0.25, 0.3) is 5.91 Å². The van der Waals surface area contributed by atoms with Gasteiger partial charge in [-0.1, -0.05) is 13.8 Å². The van der Waals surface area contributed by atoms with Gasteiger partial charge < -0.3 is 24.4 Å². The van der Waals surface area contributed by atoms with E-state index in [4.69, 9.17) is 9.15 Å². The van der Waals surface area contributed by atoms with Gasteiger partial charge in [0.1, 0.15) is 11.3 Å². The number of fused-ring (bicyclic) bond motifs is 1. The van der Waals surface area contributed by atoms with E-state index in [0.29, 0.717) is 11.3 Å². The molecule has 0 aliphatic rings. The fourth-order valence-corrected chi connectivity index (χ4v) is 2.47. The molecule has 2 aromatic rings. The Bertz CT molecular complexity index is 839. The standard InChI is InChI=1S/C18H21NO6/c1-10(2)6-14(18(22)23)19-16(20)9-24-12-4-5-13-11(3)7-17(21)25-15(13)8-12/h4-5,7-8,10,14H,6,9H2,1-3H3,(H,19,20)(H,22,23)/p-1. The summed E-state index contributed by atoms with van der Waals surface area (Å²) in [6.45, 7) is 5.14. The summed E-state index contributed by atoms with van der Waals surface area (Å²) in [5, 5.41) is 14.2. The van der Waals surface area contributed by atoms with Crippen molar-refractivity contribution >= 4 is 22.8 Å². The second-order valence-electron chi connectivity index (χ2n) is 6.26. The van der Waals surface area contributed by atoms with E-state index in [0.717, 1.165) is 10.9 Å². The molecule has 0 saturated heterocycles. The van der Waals surface area contributed by atoms with Crippen LogP contribution in [0.5, 0.6) is 5.75 Å². The van der Waals surface area contributed by atoms with Crippen LogP contribution < -0.4 is 20.8 Å². The lowest BCUT2D eigenvalue weighted by atomic mass is 10.0. The molecule has 0 aliphatic carbocycles. The molecule has 0 spiro atoms. The fourth-order valence-electron chi connectivity index (χ4n) is 2.47. The molecular formula is C18H20NO6-. The Morgan fingerprint density at radius 1 is 1.28 bits per heavy atom. The molecule has 1 atom stereocenters. The average molecular weight is 346 g/mol. The zero-order valence-electron chi connectivity index (χ0n) is 14.3. The largest absolute Gasteiger partial charge is 0.548 e. The van der Waals surface area contributed by atoms with Crippen molar-refractivity contribution in [1.82, 2.24) is 5.32 Å². The van der Waals surface area contributed by atoms with Crippen molar-refractivity contribution in [3.05, 3.63) is 40.2 Å². The minimum absolute atomic E-state index is 0.0933. The highest BCUT2D eigenvalue weighted by atomic mass is 16.5. The van der Waals surface area contributed by atoms with Gasteiger partial charge in [0.15, 0.2) is 6.61 Å². The first-order valence-corrected chi connectivity index (χ1v) is 7.94. The Balaban J connectivity index is 2.03. The smallest absolute Gasteiger partial charge is 0.336 e. The zero-order valence-corrected chi connectivity index (χ0v) is 14.3. The lowest BCUT2D eigenvalue weighted by Gasteiger charge is -2.21. The minimum atomic E-state index is -1.33. The van der Waals surface area contributed by atoms with Crippen LogP contribution in [0.1, 0.15) is 25.8 Å². The van der Waals surface area contributed by atoms with E-state index in [9.17, 15) is 19.5 Å². The molecule has 0 fully saturated rings. The summed E-state index contributed by atoms with van der Waals surface area (Å²) >= 11 is 0. The number of nitrogens with one attached hydrogen (secondary N) is 1. The first-order valence-electron chi connectivity index (χ1n) is 7.94. The predicted molar refractivity (Wildman–Crippen MR) is 89.1 cm³/mol. The number of amides is 1. The number of carboxylic acid groups (broad SMARTS) is 1. The molecule has 1 aromatic carbocycles. The molecule has 7 nitrogen and oxygen atoms in total. The maximum Gasteiger partial charge on any atom is 0.336 e. The number of carbonyl (C=O) groups is 2. The molecule has 0 bridgehead atoms. The number of aryl methyl sites for hydroxylation is 1. The van der Waals surface area contributed by atoms with Crippen molar-refractivity contribution in [3.63, 3.8) is 0 Å². The molecule has 1 amide bonds. The van der Waals surface area contributed by atoms with Crippen LogP contribution in [0.3, 0.4) is 0 Å². The third kappa shape index (κ3) is 5.07. The van der Waals surface area contributed by atoms with Crippen LogP contribution in [-0.2, 0) is 9.59 Å². The van der Waals surface area contributed by atoms with Gasteiger partial charge in [-0.15, -0.1) is 0 Å². The molecule has 0 aliphatic heterocycles. The number of ether oxygens (including phenoxy) is 1. The van der Waals surface area contributed by atoms with Crippen LogP contribution in [0.2, 0.25) is 0 Å². The molecular weight excluding hydrogens is 326 g/mol. The third-order valence-corrected chi connectivity index (χ3v) is 3.62. The average Bonchev–Trinajstić information content (AvgIpc) is 2.51. The third-order valence-electron chi connectivity index (χ3n) is 3.62. The van der Waals surface area contributed by atoms with E-state index in [1.165, 1.54) is 12.1 Å². The topological polar surface area (TPSA) is 109 Å². The molecule has 7 heteroatoms. The Morgan fingerprint density at radius 3 is 2.64 bits per heavy atom. The van der Waals surface area contributed by atoms with E-state index in [1.54, 1.807) is 19.1 Å². The maximum atomic E-state index is 11.9. The fraction of sp³-hybridized carbons (Fsp3) is 0.389. The van der Waals surface area contributed by atoms with Gasteiger partial charge in [-0.05, 0) is 37.0 Å². The minimum Gasteiger partial charge on any atom is -0.548 e. The van der Waals surface area contributed by atoms with Crippen LogP contribution in [0, 0.1) is 12.8 Å². The Hall–Kier alpha value is -2.83. The molecule has 25 heavy (non-hydrogen) atoms. The Labute approximate surface area is 144 Å². The molecule has 1 aromatic heterocycles. The molecule has 1 N–H and O–H groups in total. The van der Waals surface area contributed by atoms with E-state index in [2.05, 4.69) is 5.32 Å².